The molecule has 1 heterocycles. The highest BCUT2D eigenvalue weighted by molar-refractivity contribution is 5.70. The van der Waals surface area contributed by atoms with Crippen LogP contribution in [0.5, 0.6) is 5.75 Å². The molecule has 1 aromatic rings. The number of rotatable bonds is 6. The van der Waals surface area contributed by atoms with Crippen LogP contribution in [0.1, 0.15) is 26.7 Å². The lowest BCUT2D eigenvalue weighted by atomic mass is 10.1. The third-order valence-corrected chi connectivity index (χ3v) is 3.89. The van der Waals surface area contributed by atoms with E-state index in [4.69, 9.17) is 4.74 Å². The molecule has 1 N–H and O–H groups in total. The predicted octanol–water partition coefficient (Wildman–Crippen LogP) is 2.57. The van der Waals surface area contributed by atoms with Crippen LogP contribution in [0.2, 0.25) is 0 Å². The van der Waals surface area contributed by atoms with Crippen LogP contribution in [0.15, 0.2) is 18.2 Å². The number of anilines is 1. The number of ether oxygens (including phenoxy) is 1. The molecular formula is C15H23N3O3. The Balaban J connectivity index is 2.37. The summed E-state index contributed by atoms with van der Waals surface area (Å²) in [7, 11) is 1.46. The van der Waals surface area contributed by atoms with E-state index in [1.54, 1.807) is 18.2 Å². The number of benzene rings is 1. The van der Waals surface area contributed by atoms with Crippen molar-refractivity contribution in [3.05, 3.63) is 28.3 Å². The second-order valence-electron chi connectivity index (χ2n) is 5.62. The quantitative estimate of drug-likeness (QED) is 0.645. The first-order chi connectivity index (χ1) is 10.0. The minimum absolute atomic E-state index is 0.0479. The molecular weight excluding hydrogens is 270 g/mol. The topological polar surface area (TPSA) is 67.6 Å². The normalized spacial score (nSPS) is 18.0. The Kier molecular flexibility index (Phi) is 5.01. The lowest BCUT2D eigenvalue weighted by Crippen LogP contribution is -2.41. The molecule has 0 aromatic heterocycles. The molecule has 1 unspecified atom stereocenters. The number of methoxy groups -OCH3 is 1. The second-order valence-corrected chi connectivity index (χ2v) is 5.62. The van der Waals surface area contributed by atoms with E-state index >= 15 is 0 Å². The van der Waals surface area contributed by atoms with Gasteiger partial charge in [-0.05, 0) is 45.4 Å². The van der Waals surface area contributed by atoms with E-state index in [9.17, 15) is 10.1 Å². The number of nitrogens with one attached hydrogen (secondary N) is 1. The van der Waals surface area contributed by atoms with Crippen LogP contribution in [0.3, 0.4) is 0 Å². The molecule has 0 bridgehead atoms. The average molecular weight is 293 g/mol. The highest BCUT2D eigenvalue weighted by Crippen LogP contribution is 2.38. The van der Waals surface area contributed by atoms with Gasteiger partial charge in [-0.3, -0.25) is 10.1 Å². The molecule has 0 amide bonds. The van der Waals surface area contributed by atoms with Crippen molar-refractivity contribution < 1.29 is 9.66 Å². The van der Waals surface area contributed by atoms with Gasteiger partial charge in [0.05, 0.1) is 12.0 Å². The van der Waals surface area contributed by atoms with Gasteiger partial charge in [-0.1, -0.05) is 6.07 Å². The van der Waals surface area contributed by atoms with E-state index in [2.05, 4.69) is 24.1 Å². The maximum atomic E-state index is 11.4. The highest BCUT2D eigenvalue weighted by atomic mass is 16.6. The van der Waals surface area contributed by atoms with Crippen molar-refractivity contribution in [2.75, 3.05) is 25.1 Å². The molecule has 1 aromatic carbocycles. The maximum Gasteiger partial charge on any atom is 0.333 e. The molecule has 1 aliphatic rings. The first-order valence-corrected chi connectivity index (χ1v) is 7.36. The van der Waals surface area contributed by atoms with Gasteiger partial charge in [0.15, 0.2) is 5.75 Å². The summed E-state index contributed by atoms with van der Waals surface area (Å²) in [5.74, 6) is 0.308. The van der Waals surface area contributed by atoms with Crippen molar-refractivity contribution in [2.24, 2.45) is 0 Å². The van der Waals surface area contributed by atoms with Gasteiger partial charge in [0, 0.05) is 18.6 Å². The Morgan fingerprint density at radius 2 is 2.29 bits per heavy atom. The smallest absolute Gasteiger partial charge is 0.333 e. The highest BCUT2D eigenvalue weighted by Gasteiger charge is 2.28. The van der Waals surface area contributed by atoms with Crippen molar-refractivity contribution in [3.63, 3.8) is 0 Å². The molecule has 2 rings (SSSR count). The standard InChI is InChI=1S/C15H23N3O3/c1-11(2)17(10-12-6-5-9-16-12)13-7-4-8-14(21-3)15(13)18(19)20/h4,7-8,11-12,16H,5-6,9-10H2,1-3H3. The Bertz CT molecular complexity index is 499. The zero-order valence-corrected chi connectivity index (χ0v) is 12.8. The van der Waals surface area contributed by atoms with E-state index in [1.807, 2.05) is 0 Å². The third-order valence-electron chi connectivity index (χ3n) is 3.89. The zero-order chi connectivity index (χ0) is 15.4. The Morgan fingerprint density at radius 3 is 2.81 bits per heavy atom. The van der Waals surface area contributed by atoms with E-state index in [1.165, 1.54) is 7.11 Å². The van der Waals surface area contributed by atoms with Crippen molar-refractivity contribution >= 4 is 11.4 Å². The van der Waals surface area contributed by atoms with Gasteiger partial charge >= 0.3 is 5.69 Å². The van der Waals surface area contributed by atoms with Crippen LogP contribution in [0, 0.1) is 10.1 Å². The summed E-state index contributed by atoms with van der Waals surface area (Å²) in [6, 6.07) is 5.80. The van der Waals surface area contributed by atoms with E-state index in [0.717, 1.165) is 25.9 Å². The van der Waals surface area contributed by atoms with Gasteiger partial charge in [0.25, 0.3) is 0 Å². The first-order valence-electron chi connectivity index (χ1n) is 7.36. The maximum absolute atomic E-state index is 11.4. The fraction of sp³-hybridized carbons (Fsp3) is 0.600. The molecule has 1 fully saturated rings. The van der Waals surface area contributed by atoms with Crippen molar-refractivity contribution in [2.45, 2.75) is 38.8 Å². The van der Waals surface area contributed by atoms with Gasteiger partial charge in [-0.15, -0.1) is 0 Å². The number of nitro groups is 1. The number of hydrogen-bond donors (Lipinski definition) is 1. The van der Waals surface area contributed by atoms with Crippen molar-refractivity contribution in [1.82, 2.24) is 5.32 Å². The molecule has 6 heteroatoms. The van der Waals surface area contributed by atoms with Crippen molar-refractivity contribution in [1.29, 1.82) is 0 Å². The number of para-hydroxylation sites is 1. The van der Waals surface area contributed by atoms with Crippen LogP contribution in [-0.4, -0.2) is 37.2 Å². The SMILES string of the molecule is COc1cccc(N(CC2CCCN2)C(C)C)c1[N+](=O)[O-]. The Hall–Kier alpha value is -1.82. The number of nitrogens with zero attached hydrogens (tertiary/aromatic N) is 2. The Labute approximate surface area is 125 Å². The largest absolute Gasteiger partial charge is 0.490 e. The molecule has 1 saturated heterocycles. The Morgan fingerprint density at radius 1 is 1.52 bits per heavy atom. The van der Waals surface area contributed by atoms with Crippen LogP contribution < -0.4 is 15.0 Å². The van der Waals surface area contributed by atoms with Gasteiger partial charge < -0.3 is 15.0 Å². The summed E-state index contributed by atoms with van der Waals surface area (Å²) in [4.78, 5) is 13.2. The van der Waals surface area contributed by atoms with E-state index in [-0.39, 0.29) is 16.7 Å². The summed E-state index contributed by atoms with van der Waals surface area (Å²) < 4.78 is 5.16. The second kappa shape index (κ2) is 6.76. The van der Waals surface area contributed by atoms with Gasteiger partial charge in [0.2, 0.25) is 0 Å². The van der Waals surface area contributed by atoms with E-state index in [0.29, 0.717) is 17.5 Å². The summed E-state index contributed by atoms with van der Waals surface area (Å²) in [5, 5.41) is 14.9. The summed E-state index contributed by atoms with van der Waals surface area (Å²) in [5.41, 5.74) is 0.676. The first kappa shape index (κ1) is 15.6. The zero-order valence-electron chi connectivity index (χ0n) is 12.8. The minimum atomic E-state index is -0.356. The van der Waals surface area contributed by atoms with Crippen LogP contribution in [0.4, 0.5) is 11.4 Å². The number of hydrogen-bond acceptors (Lipinski definition) is 5. The fourth-order valence-electron chi connectivity index (χ4n) is 2.83. The van der Waals surface area contributed by atoms with Crippen LogP contribution >= 0.6 is 0 Å². The summed E-state index contributed by atoms with van der Waals surface area (Å²) in [6.45, 7) is 5.90. The van der Waals surface area contributed by atoms with Gasteiger partial charge in [-0.25, -0.2) is 0 Å². The third kappa shape index (κ3) is 3.44. The molecule has 0 radical (unpaired) electrons. The van der Waals surface area contributed by atoms with Crippen LogP contribution in [0.25, 0.3) is 0 Å². The summed E-state index contributed by atoms with van der Waals surface area (Å²) >= 11 is 0. The molecule has 21 heavy (non-hydrogen) atoms. The average Bonchev–Trinajstić information content (AvgIpc) is 2.96. The minimum Gasteiger partial charge on any atom is -0.490 e. The monoisotopic (exact) mass is 293 g/mol. The number of nitro benzene ring substituents is 1. The van der Waals surface area contributed by atoms with Gasteiger partial charge in [-0.2, -0.15) is 0 Å². The summed E-state index contributed by atoms with van der Waals surface area (Å²) in [6.07, 6.45) is 2.28. The lowest BCUT2D eigenvalue weighted by Gasteiger charge is -2.31. The molecule has 1 aliphatic heterocycles. The fourth-order valence-corrected chi connectivity index (χ4v) is 2.83. The molecule has 0 spiro atoms. The predicted molar refractivity (Wildman–Crippen MR) is 83.2 cm³/mol. The molecule has 0 saturated carbocycles. The van der Waals surface area contributed by atoms with E-state index < -0.39 is 0 Å². The molecule has 1 atom stereocenters. The van der Waals surface area contributed by atoms with Crippen LogP contribution in [-0.2, 0) is 0 Å². The van der Waals surface area contributed by atoms with Gasteiger partial charge in [0.1, 0.15) is 5.69 Å². The lowest BCUT2D eigenvalue weighted by molar-refractivity contribution is -0.385. The molecule has 6 nitrogen and oxygen atoms in total. The molecule has 116 valence electrons. The molecule has 0 aliphatic carbocycles. The van der Waals surface area contributed by atoms with Crippen molar-refractivity contribution in [3.8, 4) is 5.75 Å².